The lowest BCUT2D eigenvalue weighted by molar-refractivity contribution is 0.419. The molecule has 2 unspecified atom stereocenters. The molecule has 1 aromatic heterocycles. The standard InChI is InChI=1S/C20H28FN5S/c1-22-20(24-17-4-3-5-19(14-17)27-2)23-12-10-16-11-13-26(25-16)18-8-6-15(21)7-9-18/h6-9,11,13,17,19H,3-5,10,12,14H2,1-2H3,(H2,22,23,24). The fraction of sp³-hybridized carbons (Fsp3) is 0.500. The first kappa shape index (κ1) is 19.7. The van der Waals surface area contributed by atoms with Gasteiger partial charge in [-0.05, 0) is 55.9 Å². The fourth-order valence-electron chi connectivity index (χ4n) is 3.42. The van der Waals surface area contributed by atoms with Crippen molar-refractivity contribution in [2.45, 2.75) is 43.4 Å². The Morgan fingerprint density at radius 1 is 1.30 bits per heavy atom. The summed E-state index contributed by atoms with van der Waals surface area (Å²) in [6, 6.07) is 8.83. The van der Waals surface area contributed by atoms with E-state index in [0.29, 0.717) is 6.04 Å². The van der Waals surface area contributed by atoms with Crippen LogP contribution in [0.1, 0.15) is 31.4 Å². The predicted octanol–water partition coefficient (Wildman–Crippen LogP) is 3.39. The first-order valence-electron chi connectivity index (χ1n) is 9.48. The Hall–Kier alpha value is -2.02. The Balaban J connectivity index is 1.46. The van der Waals surface area contributed by atoms with Crippen molar-refractivity contribution in [3.63, 3.8) is 0 Å². The van der Waals surface area contributed by atoms with Crippen molar-refractivity contribution in [3.8, 4) is 5.69 Å². The van der Waals surface area contributed by atoms with Gasteiger partial charge in [0.25, 0.3) is 0 Å². The van der Waals surface area contributed by atoms with Crippen molar-refractivity contribution in [2.75, 3.05) is 19.8 Å². The number of thioether (sulfide) groups is 1. The summed E-state index contributed by atoms with van der Waals surface area (Å²) < 4.78 is 14.8. The normalized spacial score (nSPS) is 20.5. The number of rotatable bonds is 6. The highest BCUT2D eigenvalue weighted by atomic mass is 32.2. The fourth-order valence-corrected chi connectivity index (χ4v) is 4.25. The van der Waals surface area contributed by atoms with Gasteiger partial charge < -0.3 is 10.6 Å². The smallest absolute Gasteiger partial charge is 0.191 e. The number of hydrogen-bond acceptors (Lipinski definition) is 3. The summed E-state index contributed by atoms with van der Waals surface area (Å²) in [7, 11) is 1.81. The summed E-state index contributed by atoms with van der Waals surface area (Å²) in [5.74, 6) is 0.621. The Kier molecular flexibility index (Phi) is 7.15. The molecule has 1 saturated carbocycles. The van der Waals surface area contributed by atoms with Crippen LogP contribution in [0.25, 0.3) is 5.69 Å². The van der Waals surface area contributed by atoms with Gasteiger partial charge in [0.05, 0.1) is 11.4 Å². The van der Waals surface area contributed by atoms with E-state index in [1.165, 1.54) is 37.8 Å². The van der Waals surface area contributed by atoms with Gasteiger partial charge in [0, 0.05) is 37.5 Å². The van der Waals surface area contributed by atoms with E-state index < -0.39 is 0 Å². The van der Waals surface area contributed by atoms with Crippen LogP contribution in [0.2, 0.25) is 0 Å². The van der Waals surface area contributed by atoms with E-state index in [1.807, 2.05) is 31.1 Å². The van der Waals surface area contributed by atoms with Crippen molar-refractivity contribution in [1.29, 1.82) is 0 Å². The predicted molar refractivity (Wildman–Crippen MR) is 111 cm³/mol. The molecule has 1 aliphatic carbocycles. The molecule has 0 bridgehead atoms. The summed E-state index contributed by atoms with van der Waals surface area (Å²) >= 11 is 1.97. The zero-order valence-electron chi connectivity index (χ0n) is 16.0. The quantitative estimate of drug-likeness (QED) is 0.587. The van der Waals surface area contributed by atoms with Gasteiger partial charge in [-0.3, -0.25) is 4.99 Å². The first-order valence-corrected chi connectivity index (χ1v) is 10.8. The van der Waals surface area contributed by atoms with Gasteiger partial charge in [-0.2, -0.15) is 16.9 Å². The van der Waals surface area contributed by atoms with Crippen LogP contribution in [0.3, 0.4) is 0 Å². The maximum Gasteiger partial charge on any atom is 0.191 e. The average molecular weight is 390 g/mol. The molecule has 2 aromatic rings. The van der Waals surface area contributed by atoms with Crippen molar-refractivity contribution in [3.05, 3.63) is 48.0 Å². The lowest BCUT2D eigenvalue weighted by Gasteiger charge is -2.29. The molecule has 1 aromatic carbocycles. The number of nitrogens with zero attached hydrogens (tertiary/aromatic N) is 3. The topological polar surface area (TPSA) is 54.2 Å². The molecule has 2 N–H and O–H groups in total. The molecule has 0 radical (unpaired) electrons. The number of aliphatic imine (C=N–C) groups is 1. The minimum Gasteiger partial charge on any atom is -0.356 e. The zero-order valence-corrected chi connectivity index (χ0v) is 16.8. The number of halogens is 1. The van der Waals surface area contributed by atoms with E-state index in [4.69, 9.17) is 0 Å². The second-order valence-corrected chi connectivity index (χ2v) is 7.98. The highest BCUT2D eigenvalue weighted by molar-refractivity contribution is 7.99. The van der Waals surface area contributed by atoms with Crippen molar-refractivity contribution in [2.24, 2.45) is 4.99 Å². The lowest BCUT2D eigenvalue weighted by atomic mass is 9.95. The van der Waals surface area contributed by atoms with Gasteiger partial charge in [-0.25, -0.2) is 9.07 Å². The highest BCUT2D eigenvalue weighted by Crippen LogP contribution is 2.26. The number of hydrogen-bond donors (Lipinski definition) is 2. The number of nitrogens with one attached hydrogen (secondary N) is 2. The molecule has 0 amide bonds. The van der Waals surface area contributed by atoms with Crippen LogP contribution in [0, 0.1) is 5.82 Å². The van der Waals surface area contributed by atoms with Crippen LogP contribution in [0.4, 0.5) is 4.39 Å². The van der Waals surface area contributed by atoms with E-state index in [9.17, 15) is 4.39 Å². The van der Waals surface area contributed by atoms with Gasteiger partial charge >= 0.3 is 0 Å². The molecule has 0 spiro atoms. The molecule has 2 atom stereocenters. The molecule has 0 saturated heterocycles. The maximum absolute atomic E-state index is 13.0. The zero-order chi connectivity index (χ0) is 19.1. The molecular weight excluding hydrogens is 361 g/mol. The summed E-state index contributed by atoms with van der Waals surface area (Å²) in [5.41, 5.74) is 1.84. The van der Waals surface area contributed by atoms with Crippen molar-refractivity contribution in [1.82, 2.24) is 20.4 Å². The minimum absolute atomic E-state index is 0.240. The lowest BCUT2D eigenvalue weighted by Crippen LogP contribution is -2.46. The summed E-state index contributed by atoms with van der Waals surface area (Å²) in [6.45, 7) is 0.763. The minimum atomic E-state index is -0.240. The summed E-state index contributed by atoms with van der Waals surface area (Å²) in [4.78, 5) is 4.35. The molecule has 1 heterocycles. The Labute approximate surface area is 164 Å². The van der Waals surface area contributed by atoms with Crippen LogP contribution < -0.4 is 10.6 Å². The second-order valence-electron chi connectivity index (χ2n) is 6.84. The van der Waals surface area contributed by atoms with Gasteiger partial charge in [0.2, 0.25) is 0 Å². The van der Waals surface area contributed by atoms with Gasteiger partial charge in [0.1, 0.15) is 5.82 Å². The van der Waals surface area contributed by atoms with Crippen LogP contribution in [0.15, 0.2) is 41.5 Å². The van der Waals surface area contributed by atoms with Crippen LogP contribution in [-0.2, 0) is 6.42 Å². The van der Waals surface area contributed by atoms with Crippen molar-refractivity contribution >= 4 is 17.7 Å². The molecule has 5 nitrogen and oxygen atoms in total. The third-order valence-corrected chi connectivity index (χ3v) is 6.03. The van der Waals surface area contributed by atoms with E-state index in [2.05, 4.69) is 27.0 Å². The van der Waals surface area contributed by atoms with Crippen LogP contribution in [0.5, 0.6) is 0 Å². The van der Waals surface area contributed by atoms with E-state index in [0.717, 1.165) is 35.6 Å². The molecule has 1 aliphatic rings. The van der Waals surface area contributed by atoms with Gasteiger partial charge in [0.15, 0.2) is 5.96 Å². The molecule has 7 heteroatoms. The van der Waals surface area contributed by atoms with E-state index in [-0.39, 0.29) is 5.82 Å². The molecule has 3 rings (SSSR count). The monoisotopic (exact) mass is 389 g/mol. The van der Waals surface area contributed by atoms with E-state index >= 15 is 0 Å². The first-order chi connectivity index (χ1) is 13.2. The molecular formula is C20H28FN5S. The Bertz CT molecular complexity index is 743. The Morgan fingerprint density at radius 3 is 2.85 bits per heavy atom. The van der Waals surface area contributed by atoms with E-state index in [1.54, 1.807) is 16.8 Å². The van der Waals surface area contributed by atoms with Crippen LogP contribution >= 0.6 is 11.8 Å². The van der Waals surface area contributed by atoms with Gasteiger partial charge in [-0.15, -0.1) is 0 Å². The summed E-state index contributed by atoms with van der Waals surface area (Å²) in [5, 5.41) is 12.3. The molecule has 1 fully saturated rings. The SMILES string of the molecule is CN=C(NCCc1ccn(-c2ccc(F)cc2)n1)NC1CCCC(SC)C1. The van der Waals surface area contributed by atoms with Crippen molar-refractivity contribution < 1.29 is 4.39 Å². The Morgan fingerprint density at radius 2 is 2.11 bits per heavy atom. The summed E-state index contributed by atoms with van der Waals surface area (Å²) in [6.07, 6.45) is 9.91. The highest BCUT2D eigenvalue weighted by Gasteiger charge is 2.21. The molecule has 146 valence electrons. The number of aromatic nitrogens is 2. The third-order valence-electron chi connectivity index (χ3n) is 4.93. The third kappa shape index (κ3) is 5.73. The van der Waals surface area contributed by atoms with Gasteiger partial charge in [-0.1, -0.05) is 6.42 Å². The largest absolute Gasteiger partial charge is 0.356 e. The maximum atomic E-state index is 13.0. The van der Waals surface area contributed by atoms with Crippen LogP contribution in [-0.4, -0.2) is 46.9 Å². The molecule has 27 heavy (non-hydrogen) atoms. The number of guanidine groups is 1. The second kappa shape index (κ2) is 9.78. The average Bonchev–Trinajstić information content (AvgIpc) is 3.16. The number of benzene rings is 1. The molecule has 0 aliphatic heterocycles.